The Labute approximate surface area is 54.2 Å². The average molecular weight is 129 g/mol. The van der Waals surface area contributed by atoms with Crippen LogP contribution in [0.2, 0.25) is 0 Å². The first kappa shape index (κ1) is 6.48. The maximum Gasteiger partial charge on any atom is 0.0813 e. The zero-order chi connectivity index (χ0) is 6.53. The molecule has 52 valence electrons. The van der Waals surface area contributed by atoms with Gasteiger partial charge in [0.2, 0.25) is 0 Å². The number of hydrogen-bond acceptors (Lipinski definition) is 4. The van der Waals surface area contributed by atoms with Gasteiger partial charge in [-0.2, -0.15) is 5.11 Å². The van der Waals surface area contributed by atoms with E-state index in [1.54, 1.807) is 0 Å². The first-order valence-corrected chi connectivity index (χ1v) is 3.16. The van der Waals surface area contributed by atoms with Crippen molar-refractivity contribution in [2.45, 2.75) is 6.42 Å². The van der Waals surface area contributed by atoms with Crippen molar-refractivity contribution in [3.05, 3.63) is 0 Å². The summed E-state index contributed by atoms with van der Waals surface area (Å²) in [4.78, 5) is 0. The molecule has 0 radical (unpaired) electrons. The summed E-state index contributed by atoms with van der Waals surface area (Å²) in [6, 6.07) is 0. The molecule has 1 rings (SSSR count). The second-order valence-electron chi connectivity index (χ2n) is 1.99. The first-order valence-electron chi connectivity index (χ1n) is 3.16. The van der Waals surface area contributed by atoms with Crippen LogP contribution in [-0.4, -0.2) is 36.4 Å². The molecule has 0 aromatic heterocycles. The van der Waals surface area contributed by atoms with Crippen LogP contribution in [0.4, 0.5) is 0 Å². The van der Waals surface area contributed by atoms with Gasteiger partial charge in [-0.3, -0.25) is 5.01 Å². The molecular weight excluding hydrogens is 118 g/mol. The van der Waals surface area contributed by atoms with Gasteiger partial charge >= 0.3 is 0 Å². The van der Waals surface area contributed by atoms with Crippen molar-refractivity contribution in [2.75, 3.05) is 26.2 Å². The number of nitrogens with zero attached hydrogens (tertiary/aromatic N) is 3. The van der Waals surface area contributed by atoms with Gasteiger partial charge in [-0.1, -0.05) is 5.22 Å². The van der Waals surface area contributed by atoms with E-state index < -0.39 is 0 Å². The highest BCUT2D eigenvalue weighted by molar-refractivity contribution is 4.56. The second kappa shape index (κ2) is 3.40. The molecule has 0 unspecified atom stereocenters. The van der Waals surface area contributed by atoms with E-state index in [1.165, 1.54) is 0 Å². The summed E-state index contributed by atoms with van der Waals surface area (Å²) in [7, 11) is 0. The number of aliphatic hydroxyl groups excluding tert-OH is 1. The van der Waals surface area contributed by atoms with Gasteiger partial charge in [0.25, 0.3) is 0 Å². The highest BCUT2D eigenvalue weighted by Crippen LogP contribution is 1.99. The van der Waals surface area contributed by atoms with Crippen molar-refractivity contribution >= 4 is 0 Å². The van der Waals surface area contributed by atoms with Gasteiger partial charge in [0.1, 0.15) is 0 Å². The molecule has 1 aliphatic rings. The molecule has 0 saturated carbocycles. The SMILES string of the molecule is OCCCN1CCN=N1. The van der Waals surface area contributed by atoms with E-state index in [-0.39, 0.29) is 6.61 Å². The van der Waals surface area contributed by atoms with E-state index in [0.29, 0.717) is 0 Å². The Morgan fingerprint density at radius 1 is 1.56 bits per heavy atom. The topological polar surface area (TPSA) is 48.2 Å². The lowest BCUT2D eigenvalue weighted by molar-refractivity contribution is 0.241. The number of aliphatic hydroxyl groups is 1. The predicted molar refractivity (Wildman–Crippen MR) is 33.0 cm³/mol. The van der Waals surface area contributed by atoms with Gasteiger partial charge in [0.05, 0.1) is 13.1 Å². The van der Waals surface area contributed by atoms with E-state index in [4.69, 9.17) is 5.11 Å². The summed E-state index contributed by atoms with van der Waals surface area (Å²) in [5, 5.41) is 17.9. The predicted octanol–water partition coefficient (Wildman–Crippen LogP) is 0.0516. The zero-order valence-electron chi connectivity index (χ0n) is 5.32. The lowest BCUT2D eigenvalue weighted by Crippen LogP contribution is -2.17. The van der Waals surface area contributed by atoms with Crippen LogP contribution in [-0.2, 0) is 0 Å². The van der Waals surface area contributed by atoms with Gasteiger partial charge < -0.3 is 5.11 Å². The quantitative estimate of drug-likeness (QED) is 0.585. The third-order valence-electron chi connectivity index (χ3n) is 1.22. The third kappa shape index (κ3) is 1.97. The maximum absolute atomic E-state index is 8.43. The standard InChI is InChI=1S/C5H11N3O/c9-5-1-3-8-4-2-6-7-8/h9H,1-5H2. The molecule has 0 aromatic rings. The van der Waals surface area contributed by atoms with E-state index in [0.717, 1.165) is 26.1 Å². The highest BCUT2D eigenvalue weighted by atomic mass is 16.3. The molecular formula is C5H11N3O. The molecule has 0 bridgehead atoms. The van der Waals surface area contributed by atoms with Crippen LogP contribution in [0.25, 0.3) is 0 Å². The molecule has 9 heavy (non-hydrogen) atoms. The summed E-state index contributed by atoms with van der Waals surface area (Å²) < 4.78 is 0. The molecule has 1 aliphatic heterocycles. The van der Waals surface area contributed by atoms with Crippen LogP contribution in [0.1, 0.15) is 6.42 Å². The Morgan fingerprint density at radius 3 is 3.00 bits per heavy atom. The zero-order valence-corrected chi connectivity index (χ0v) is 5.32. The number of hydrogen-bond donors (Lipinski definition) is 1. The molecule has 4 nitrogen and oxygen atoms in total. The van der Waals surface area contributed by atoms with Gasteiger partial charge in [-0.05, 0) is 6.42 Å². The monoisotopic (exact) mass is 129 g/mol. The van der Waals surface area contributed by atoms with Gasteiger partial charge in [0, 0.05) is 13.2 Å². The van der Waals surface area contributed by atoms with Crippen molar-refractivity contribution in [1.82, 2.24) is 5.01 Å². The minimum Gasteiger partial charge on any atom is -0.396 e. The Kier molecular flexibility index (Phi) is 2.45. The normalized spacial score (nSPS) is 17.2. The fourth-order valence-corrected chi connectivity index (χ4v) is 0.749. The summed E-state index contributed by atoms with van der Waals surface area (Å²) >= 11 is 0. The van der Waals surface area contributed by atoms with Gasteiger partial charge in [-0.25, -0.2) is 0 Å². The summed E-state index contributed by atoms with van der Waals surface area (Å²) in [5.74, 6) is 0. The van der Waals surface area contributed by atoms with Crippen LogP contribution >= 0.6 is 0 Å². The van der Waals surface area contributed by atoms with Crippen LogP contribution in [0.3, 0.4) is 0 Å². The average Bonchev–Trinajstić information content (AvgIpc) is 2.34. The van der Waals surface area contributed by atoms with E-state index in [9.17, 15) is 0 Å². The molecule has 1 N–H and O–H groups in total. The van der Waals surface area contributed by atoms with Crippen LogP contribution in [0, 0.1) is 0 Å². The molecule has 0 spiro atoms. The fourth-order valence-electron chi connectivity index (χ4n) is 0.749. The number of rotatable bonds is 3. The third-order valence-corrected chi connectivity index (χ3v) is 1.22. The van der Waals surface area contributed by atoms with Crippen molar-refractivity contribution in [2.24, 2.45) is 10.3 Å². The molecule has 0 atom stereocenters. The molecule has 0 aliphatic carbocycles. The van der Waals surface area contributed by atoms with Crippen molar-refractivity contribution in [3.8, 4) is 0 Å². The molecule has 0 saturated heterocycles. The largest absolute Gasteiger partial charge is 0.396 e. The fraction of sp³-hybridized carbons (Fsp3) is 1.00. The van der Waals surface area contributed by atoms with Crippen LogP contribution < -0.4 is 0 Å². The molecule has 0 aromatic carbocycles. The summed E-state index contributed by atoms with van der Waals surface area (Å²) in [6.45, 7) is 2.80. The lowest BCUT2D eigenvalue weighted by atomic mass is 10.4. The minimum atomic E-state index is 0.242. The lowest BCUT2D eigenvalue weighted by Gasteiger charge is -2.08. The Bertz CT molecular complexity index is 104. The smallest absolute Gasteiger partial charge is 0.0813 e. The second-order valence-corrected chi connectivity index (χ2v) is 1.99. The highest BCUT2D eigenvalue weighted by Gasteiger charge is 2.04. The van der Waals surface area contributed by atoms with Crippen molar-refractivity contribution in [1.29, 1.82) is 0 Å². The molecule has 0 amide bonds. The van der Waals surface area contributed by atoms with Crippen LogP contribution in [0.5, 0.6) is 0 Å². The Balaban J connectivity index is 2.05. The van der Waals surface area contributed by atoms with E-state index in [1.807, 2.05) is 5.01 Å². The molecule has 0 fully saturated rings. The summed E-state index contributed by atoms with van der Waals surface area (Å²) in [5.41, 5.74) is 0. The van der Waals surface area contributed by atoms with E-state index in [2.05, 4.69) is 10.3 Å². The Hall–Kier alpha value is -0.640. The van der Waals surface area contributed by atoms with Crippen LogP contribution in [0.15, 0.2) is 10.3 Å². The molecule has 4 heteroatoms. The maximum atomic E-state index is 8.43. The minimum absolute atomic E-state index is 0.242. The Morgan fingerprint density at radius 2 is 2.44 bits per heavy atom. The van der Waals surface area contributed by atoms with Gasteiger partial charge in [-0.15, -0.1) is 0 Å². The van der Waals surface area contributed by atoms with E-state index >= 15 is 0 Å². The first-order chi connectivity index (χ1) is 4.43. The van der Waals surface area contributed by atoms with Crippen molar-refractivity contribution in [3.63, 3.8) is 0 Å². The summed E-state index contributed by atoms with van der Waals surface area (Å²) in [6.07, 6.45) is 0.791. The van der Waals surface area contributed by atoms with Crippen molar-refractivity contribution < 1.29 is 5.11 Å². The molecule has 1 heterocycles. The van der Waals surface area contributed by atoms with Gasteiger partial charge in [0.15, 0.2) is 0 Å².